The number of nitrogens with one attached hydrogen (secondary N) is 2. The molecule has 1 aromatic carbocycles. The van der Waals surface area contributed by atoms with E-state index in [0.29, 0.717) is 31.2 Å². The van der Waals surface area contributed by atoms with Crippen molar-refractivity contribution >= 4 is 35.3 Å². The molecule has 4 rings (SSSR count). The third kappa shape index (κ3) is 4.15. The molecule has 10 heteroatoms. The van der Waals surface area contributed by atoms with Crippen LogP contribution in [-0.4, -0.2) is 76.7 Å². The number of anilines is 1. The highest BCUT2D eigenvalue weighted by molar-refractivity contribution is 6.25. The van der Waals surface area contributed by atoms with Crippen molar-refractivity contribution < 1.29 is 29.1 Å². The molecule has 2 saturated heterocycles. The van der Waals surface area contributed by atoms with E-state index < -0.39 is 35.6 Å². The Labute approximate surface area is 178 Å². The minimum atomic E-state index is -0.989. The minimum absolute atomic E-state index is 0.0408. The zero-order chi connectivity index (χ0) is 22.1. The van der Waals surface area contributed by atoms with Gasteiger partial charge < -0.3 is 10.4 Å². The summed E-state index contributed by atoms with van der Waals surface area (Å²) in [4.78, 5) is 63.3. The molecule has 1 unspecified atom stereocenters. The van der Waals surface area contributed by atoms with Gasteiger partial charge in [0, 0.05) is 18.7 Å². The molecule has 3 N–H and O–H groups in total. The van der Waals surface area contributed by atoms with Gasteiger partial charge in [0.2, 0.25) is 11.8 Å². The fourth-order valence-electron chi connectivity index (χ4n) is 4.46. The number of carbonyl (C=O) groups is 5. The predicted molar refractivity (Wildman–Crippen MR) is 108 cm³/mol. The second kappa shape index (κ2) is 8.46. The van der Waals surface area contributed by atoms with E-state index in [9.17, 15) is 24.0 Å². The Morgan fingerprint density at radius 1 is 1.10 bits per heavy atom. The summed E-state index contributed by atoms with van der Waals surface area (Å²) in [5.41, 5.74) is 1.04. The molecule has 2 fully saturated rings. The van der Waals surface area contributed by atoms with Gasteiger partial charge in [-0.1, -0.05) is 6.07 Å². The van der Waals surface area contributed by atoms with Crippen LogP contribution in [0.4, 0.5) is 5.69 Å². The van der Waals surface area contributed by atoms with Crippen LogP contribution in [0.3, 0.4) is 0 Å². The Kier molecular flexibility index (Phi) is 5.73. The van der Waals surface area contributed by atoms with Crippen LogP contribution in [0, 0.1) is 5.92 Å². The van der Waals surface area contributed by atoms with Gasteiger partial charge in [0.05, 0.1) is 17.7 Å². The number of rotatable bonds is 6. The maximum absolute atomic E-state index is 13.1. The smallest absolute Gasteiger partial charge is 0.317 e. The molecule has 31 heavy (non-hydrogen) atoms. The Morgan fingerprint density at radius 2 is 1.84 bits per heavy atom. The van der Waals surface area contributed by atoms with E-state index in [1.54, 1.807) is 18.2 Å². The van der Waals surface area contributed by atoms with Crippen LogP contribution in [0.15, 0.2) is 18.2 Å². The molecule has 3 aliphatic heterocycles. The molecule has 0 aliphatic carbocycles. The van der Waals surface area contributed by atoms with Crippen LogP contribution in [0.25, 0.3) is 0 Å². The van der Waals surface area contributed by atoms with Gasteiger partial charge in [0.1, 0.15) is 6.04 Å². The van der Waals surface area contributed by atoms with E-state index in [-0.39, 0.29) is 30.5 Å². The lowest BCUT2D eigenvalue weighted by Crippen LogP contribution is -2.54. The highest BCUT2D eigenvalue weighted by Crippen LogP contribution is 2.32. The number of nitrogens with zero attached hydrogens (tertiary/aromatic N) is 2. The summed E-state index contributed by atoms with van der Waals surface area (Å²) in [5, 5.41) is 14.4. The fourth-order valence-corrected chi connectivity index (χ4v) is 4.46. The normalized spacial score (nSPS) is 22.5. The maximum Gasteiger partial charge on any atom is 0.317 e. The predicted octanol–water partition coefficient (Wildman–Crippen LogP) is 0.296. The van der Waals surface area contributed by atoms with Crippen molar-refractivity contribution in [2.75, 3.05) is 31.5 Å². The molecule has 164 valence electrons. The van der Waals surface area contributed by atoms with Gasteiger partial charge in [-0.15, -0.1) is 0 Å². The number of piperidine rings is 2. The molecule has 0 radical (unpaired) electrons. The van der Waals surface area contributed by atoms with Gasteiger partial charge in [-0.2, -0.15) is 0 Å². The average molecular weight is 428 g/mol. The number of aliphatic carboxylic acids is 1. The van der Waals surface area contributed by atoms with Crippen molar-refractivity contribution in [2.24, 2.45) is 5.92 Å². The first-order chi connectivity index (χ1) is 14.8. The van der Waals surface area contributed by atoms with Gasteiger partial charge in [0.25, 0.3) is 11.8 Å². The van der Waals surface area contributed by atoms with E-state index in [0.717, 1.165) is 17.7 Å². The van der Waals surface area contributed by atoms with Gasteiger partial charge in [-0.25, -0.2) is 0 Å². The van der Waals surface area contributed by atoms with Gasteiger partial charge in [-0.3, -0.25) is 39.1 Å². The van der Waals surface area contributed by atoms with E-state index in [1.807, 2.05) is 4.90 Å². The van der Waals surface area contributed by atoms with E-state index in [4.69, 9.17) is 5.11 Å². The van der Waals surface area contributed by atoms with E-state index in [2.05, 4.69) is 10.6 Å². The van der Waals surface area contributed by atoms with Crippen LogP contribution < -0.4 is 10.6 Å². The molecule has 3 heterocycles. The second-order valence-electron chi connectivity index (χ2n) is 8.17. The largest absolute Gasteiger partial charge is 0.480 e. The van der Waals surface area contributed by atoms with Gasteiger partial charge in [-0.05, 0) is 50.4 Å². The number of carbonyl (C=O) groups excluding carboxylic acids is 4. The van der Waals surface area contributed by atoms with Crippen LogP contribution in [-0.2, 0) is 14.4 Å². The van der Waals surface area contributed by atoms with Crippen molar-refractivity contribution in [2.45, 2.75) is 31.7 Å². The van der Waals surface area contributed by atoms with Crippen molar-refractivity contribution in [3.05, 3.63) is 29.3 Å². The van der Waals surface area contributed by atoms with Crippen molar-refractivity contribution in [3.63, 3.8) is 0 Å². The lowest BCUT2D eigenvalue weighted by molar-refractivity contribution is -0.139. The highest BCUT2D eigenvalue weighted by Gasteiger charge is 2.45. The molecule has 4 amide bonds. The molecular weight excluding hydrogens is 404 g/mol. The first-order valence-electron chi connectivity index (χ1n) is 10.4. The number of amides is 4. The topological polar surface area (TPSA) is 136 Å². The van der Waals surface area contributed by atoms with Gasteiger partial charge in [0.15, 0.2) is 0 Å². The Hall–Kier alpha value is -3.27. The minimum Gasteiger partial charge on any atom is -0.480 e. The maximum atomic E-state index is 13.1. The molecule has 1 aromatic rings. The molecule has 10 nitrogen and oxygen atoms in total. The molecule has 0 saturated carbocycles. The molecule has 3 aliphatic rings. The summed E-state index contributed by atoms with van der Waals surface area (Å²) >= 11 is 0. The summed E-state index contributed by atoms with van der Waals surface area (Å²) in [6.45, 7) is 2.04. The van der Waals surface area contributed by atoms with Crippen molar-refractivity contribution in [1.82, 2.24) is 15.1 Å². The number of benzene rings is 1. The van der Waals surface area contributed by atoms with Crippen LogP contribution in [0.5, 0.6) is 0 Å². The van der Waals surface area contributed by atoms with Gasteiger partial charge >= 0.3 is 5.97 Å². The quantitative estimate of drug-likeness (QED) is 0.551. The lowest BCUT2D eigenvalue weighted by Gasteiger charge is -2.31. The summed E-state index contributed by atoms with van der Waals surface area (Å²) in [6, 6.07) is 4.00. The number of fused-ring (bicyclic) bond motifs is 1. The van der Waals surface area contributed by atoms with Crippen molar-refractivity contribution in [3.8, 4) is 0 Å². The second-order valence-corrected chi connectivity index (χ2v) is 8.17. The van der Waals surface area contributed by atoms with Crippen molar-refractivity contribution in [1.29, 1.82) is 0 Å². The zero-order valence-electron chi connectivity index (χ0n) is 16.9. The van der Waals surface area contributed by atoms with E-state index >= 15 is 0 Å². The molecule has 0 bridgehead atoms. The standard InChI is InChI=1S/C21H24N4O6/c26-16-5-4-15(19(29)23-16)25-20(30)13-2-1-3-14(18(13)21(25)31)22-10-12-6-8-24(9-7-12)11-17(27)28/h1-3,12,15,22H,4-11H2,(H,27,28)(H,23,26,29). The summed E-state index contributed by atoms with van der Waals surface area (Å²) in [5.74, 6) is -2.61. The third-order valence-corrected chi connectivity index (χ3v) is 6.12. The van der Waals surface area contributed by atoms with Crippen LogP contribution >= 0.6 is 0 Å². The van der Waals surface area contributed by atoms with Crippen LogP contribution in [0.1, 0.15) is 46.4 Å². The fraction of sp³-hybridized carbons (Fsp3) is 0.476. The first kappa shape index (κ1) is 21.0. The Balaban J connectivity index is 1.44. The third-order valence-electron chi connectivity index (χ3n) is 6.12. The average Bonchev–Trinajstić information content (AvgIpc) is 2.98. The van der Waals surface area contributed by atoms with Crippen LogP contribution in [0.2, 0.25) is 0 Å². The molecular formula is C21H24N4O6. The monoisotopic (exact) mass is 428 g/mol. The summed E-state index contributed by atoms with van der Waals surface area (Å²) in [7, 11) is 0. The zero-order valence-corrected chi connectivity index (χ0v) is 16.9. The molecule has 0 spiro atoms. The number of carboxylic acids is 1. The molecule has 0 aromatic heterocycles. The first-order valence-corrected chi connectivity index (χ1v) is 10.4. The number of hydrogen-bond acceptors (Lipinski definition) is 7. The summed E-state index contributed by atoms with van der Waals surface area (Å²) < 4.78 is 0. The number of imide groups is 2. The molecule has 1 atom stereocenters. The lowest BCUT2D eigenvalue weighted by atomic mass is 9.96. The number of likely N-dealkylation sites (tertiary alicyclic amines) is 1. The number of carboxylic acid groups (broad SMARTS) is 1. The Bertz CT molecular complexity index is 953. The summed E-state index contributed by atoms with van der Waals surface area (Å²) in [6.07, 6.45) is 1.87. The SMILES string of the molecule is O=C(O)CN1CCC(CNc2cccc3c2C(=O)N(C2CCC(=O)NC2=O)C3=O)CC1. The Morgan fingerprint density at radius 3 is 2.52 bits per heavy atom. The number of hydrogen-bond donors (Lipinski definition) is 3. The highest BCUT2D eigenvalue weighted by atomic mass is 16.4. The van der Waals surface area contributed by atoms with E-state index in [1.165, 1.54) is 0 Å².